The van der Waals surface area contributed by atoms with Gasteiger partial charge in [0.15, 0.2) is 0 Å². The molecule has 6 nitrogen and oxygen atoms in total. The van der Waals surface area contributed by atoms with E-state index < -0.39 is 10.0 Å². The van der Waals surface area contributed by atoms with E-state index >= 15 is 0 Å². The molecule has 122 valence electrons. The Morgan fingerprint density at radius 1 is 1.23 bits per heavy atom. The van der Waals surface area contributed by atoms with Gasteiger partial charge in [-0.3, -0.25) is 9.52 Å². The quantitative estimate of drug-likeness (QED) is 0.901. The summed E-state index contributed by atoms with van der Waals surface area (Å²) in [7, 11) is -3.31. The third-order valence-electron chi connectivity index (χ3n) is 3.88. The Kier molecular flexibility index (Phi) is 5.08. The molecular formula is C15H23N3O3S. The average molecular weight is 325 g/mol. The van der Waals surface area contributed by atoms with Crippen molar-refractivity contribution in [2.45, 2.75) is 13.8 Å². The van der Waals surface area contributed by atoms with Gasteiger partial charge < -0.3 is 9.80 Å². The number of hydrogen-bond donors (Lipinski definition) is 1. The van der Waals surface area contributed by atoms with Crippen molar-refractivity contribution in [3.63, 3.8) is 0 Å². The van der Waals surface area contributed by atoms with Crippen LogP contribution in [0.1, 0.15) is 22.8 Å². The molecule has 0 bridgehead atoms. The molecule has 1 aromatic rings. The van der Waals surface area contributed by atoms with E-state index in [-0.39, 0.29) is 5.91 Å². The second-order valence-corrected chi connectivity index (χ2v) is 7.38. The highest BCUT2D eigenvalue weighted by Gasteiger charge is 2.21. The Labute approximate surface area is 132 Å². The lowest BCUT2D eigenvalue weighted by molar-refractivity contribution is 0.0643. The van der Waals surface area contributed by atoms with Gasteiger partial charge in [0.2, 0.25) is 10.0 Å². The monoisotopic (exact) mass is 325 g/mol. The number of nitrogens with zero attached hydrogens (tertiary/aromatic N) is 2. The second kappa shape index (κ2) is 6.66. The highest BCUT2D eigenvalue weighted by Crippen LogP contribution is 2.19. The van der Waals surface area contributed by atoms with Gasteiger partial charge in [-0.25, -0.2) is 8.42 Å². The molecule has 0 saturated carbocycles. The van der Waals surface area contributed by atoms with Crippen LogP contribution in [0.25, 0.3) is 0 Å². The number of aryl methyl sites for hydroxylation is 1. The lowest BCUT2D eigenvalue weighted by atomic mass is 10.1. The Bertz CT molecular complexity index is 650. The molecule has 1 aromatic carbocycles. The molecular weight excluding hydrogens is 302 g/mol. The molecule has 1 fully saturated rings. The highest BCUT2D eigenvalue weighted by molar-refractivity contribution is 7.92. The minimum absolute atomic E-state index is 0.00441. The fraction of sp³-hybridized carbons (Fsp3) is 0.533. The minimum Gasteiger partial charge on any atom is -0.336 e. The molecule has 1 aliphatic rings. The zero-order chi connectivity index (χ0) is 16.3. The fourth-order valence-electron chi connectivity index (χ4n) is 2.56. The molecule has 1 amide bonds. The van der Waals surface area contributed by atoms with Crippen LogP contribution in [-0.2, 0) is 10.0 Å². The average Bonchev–Trinajstić information content (AvgIpc) is 2.47. The number of benzene rings is 1. The predicted octanol–water partition coefficient (Wildman–Crippen LogP) is 1.14. The molecule has 7 heteroatoms. The molecule has 0 radical (unpaired) electrons. The van der Waals surface area contributed by atoms with E-state index in [0.29, 0.717) is 11.3 Å². The number of anilines is 1. The first-order valence-corrected chi connectivity index (χ1v) is 9.29. The normalized spacial score (nSPS) is 16.6. The second-order valence-electron chi connectivity index (χ2n) is 5.63. The predicted molar refractivity (Wildman–Crippen MR) is 87.7 cm³/mol. The third kappa shape index (κ3) is 4.20. The van der Waals surface area contributed by atoms with Gasteiger partial charge in [0.25, 0.3) is 5.91 Å². The van der Waals surface area contributed by atoms with Crippen LogP contribution in [0.15, 0.2) is 18.2 Å². The van der Waals surface area contributed by atoms with Crippen molar-refractivity contribution in [1.29, 1.82) is 0 Å². The Morgan fingerprint density at radius 2 is 1.86 bits per heavy atom. The smallest absolute Gasteiger partial charge is 0.253 e. The number of rotatable bonds is 4. The zero-order valence-corrected chi connectivity index (χ0v) is 14.1. The standard InChI is InChI=1S/C15H23N3O3S/c1-4-17-7-9-18(10-8-17)15(19)13-5-6-14(12(2)11-13)16-22(3,20)21/h5-6,11,16H,4,7-10H2,1-3H3. The summed E-state index contributed by atoms with van der Waals surface area (Å²) in [5.74, 6) is 0.00441. The maximum absolute atomic E-state index is 12.5. The molecule has 22 heavy (non-hydrogen) atoms. The van der Waals surface area contributed by atoms with Crippen molar-refractivity contribution in [3.05, 3.63) is 29.3 Å². The molecule has 0 aromatic heterocycles. The van der Waals surface area contributed by atoms with Crippen LogP contribution in [0, 0.1) is 6.92 Å². The van der Waals surface area contributed by atoms with Crippen LogP contribution in [0.4, 0.5) is 5.69 Å². The maximum atomic E-state index is 12.5. The summed E-state index contributed by atoms with van der Waals surface area (Å²) in [5.41, 5.74) is 1.85. The molecule has 0 atom stereocenters. The van der Waals surface area contributed by atoms with Gasteiger partial charge in [-0.05, 0) is 37.2 Å². The topological polar surface area (TPSA) is 69.7 Å². The largest absolute Gasteiger partial charge is 0.336 e. The number of amides is 1. The fourth-order valence-corrected chi connectivity index (χ4v) is 3.19. The van der Waals surface area contributed by atoms with Crippen molar-refractivity contribution in [2.75, 3.05) is 43.7 Å². The first-order valence-electron chi connectivity index (χ1n) is 7.40. The SMILES string of the molecule is CCN1CCN(C(=O)c2ccc(NS(C)(=O)=O)c(C)c2)CC1. The van der Waals surface area contributed by atoms with Gasteiger partial charge in [0.05, 0.1) is 11.9 Å². The summed E-state index contributed by atoms with van der Waals surface area (Å²) in [6.45, 7) is 8.18. The molecule has 1 N–H and O–H groups in total. The van der Waals surface area contributed by atoms with Crippen LogP contribution >= 0.6 is 0 Å². The van der Waals surface area contributed by atoms with Crippen LogP contribution in [-0.4, -0.2) is 63.1 Å². The Hall–Kier alpha value is -1.60. The molecule has 0 spiro atoms. The summed E-state index contributed by atoms with van der Waals surface area (Å²) in [6, 6.07) is 5.06. The van der Waals surface area contributed by atoms with E-state index in [2.05, 4.69) is 16.5 Å². The highest BCUT2D eigenvalue weighted by atomic mass is 32.2. The van der Waals surface area contributed by atoms with E-state index in [0.717, 1.165) is 44.5 Å². The number of piperazine rings is 1. The molecule has 1 saturated heterocycles. The van der Waals surface area contributed by atoms with E-state index in [9.17, 15) is 13.2 Å². The van der Waals surface area contributed by atoms with Gasteiger partial charge in [-0.2, -0.15) is 0 Å². The van der Waals surface area contributed by atoms with Crippen molar-refractivity contribution in [3.8, 4) is 0 Å². The number of carbonyl (C=O) groups is 1. The maximum Gasteiger partial charge on any atom is 0.253 e. The number of likely N-dealkylation sites (N-methyl/N-ethyl adjacent to an activating group) is 1. The molecule has 1 heterocycles. The number of nitrogens with one attached hydrogen (secondary N) is 1. The minimum atomic E-state index is -3.31. The van der Waals surface area contributed by atoms with Crippen molar-refractivity contribution in [2.24, 2.45) is 0 Å². The molecule has 2 rings (SSSR count). The van der Waals surface area contributed by atoms with Crippen molar-refractivity contribution in [1.82, 2.24) is 9.80 Å². The first kappa shape index (κ1) is 16.8. The summed E-state index contributed by atoms with van der Waals surface area (Å²) >= 11 is 0. The lowest BCUT2D eigenvalue weighted by Crippen LogP contribution is -2.48. The van der Waals surface area contributed by atoms with E-state index in [4.69, 9.17) is 0 Å². The van der Waals surface area contributed by atoms with E-state index in [1.807, 2.05) is 4.90 Å². The third-order valence-corrected chi connectivity index (χ3v) is 4.47. The van der Waals surface area contributed by atoms with Gasteiger partial charge in [0, 0.05) is 31.7 Å². The molecule has 1 aliphatic heterocycles. The van der Waals surface area contributed by atoms with Crippen LogP contribution < -0.4 is 4.72 Å². The van der Waals surface area contributed by atoms with Crippen LogP contribution in [0.2, 0.25) is 0 Å². The zero-order valence-electron chi connectivity index (χ0n) is 13.3. The van der Waals surface area contributed by atoms with Crippen molar-refractivity contribution >= 4 is 21.6 Å². The van der Waals surface area contributed by atoms with Gasteiger partial charge in [0.1, 0.15) is 0 Å². The van der Waals surface area contributed by atoms with Gasteiger partial charge >= 0.3 is 0 Å². The summed E-state index contributed by atoms with van der Waals surface area (Å²) in [4.78, 5) is 16.7. The van der Waals surface area contributed by atoms with Gasteiger partial charge in [-0.1, -0.05) is 6.92 Å². The number of sulfonamides is 1. The van der Waals surface area contributed by atoms with E-state index in [1.165, 1.54) is 0 Å². The Balaban J connectivity index is 2.10. The van der Waals surface area contributed by atoms with E-state index in [1.54, 1.807) is 25.1 Å². The summed E-state index contributed by atoms with van der Waals surface area (Å²) < 4.78 is 25.0. The van der Waals surface area contributed by atoms with Gasteiger partial charge in [-0.15, -0.1) is 0 Å². The van der Waals surface area contributed by atoms with Crippen LogP contribution in [0.5, 0.6) is 0 Å². The number of hydrogen-bond acceptors (Lipinski definition) is 4. The molecule has 0 aliphatic carbocycles. The Morgan fingerprint density at radius 3 is 2.36 bits per heavy atom. The summed E-state index contributed by atoms with van der Waals surface area (Å²) in [5, 5.41) is 0. The summed E-state index contributed by atoms with van der Waals surface area (Å²) in [6.07, 6.45) is 1.11. The first-order chi connectivity index (χ1) is 10.3. The van der Waals surface area contributed by atoms with Crippen LogP contribution in [0.3, 0.4) is 0 Å². The molecule has 0 unspecified atom stereocenters. The lowest BCUT2D eigenvalue weighted by Gasteiger charge is -2.34. The van der Waals surface area contributed by atoms with Crippen molar-refractivity contribution < 1.29 is 13.2 Å². The number of carbonyl (C=O) groups excluding carboxylic acids is 1.